The Bertz CT molecular complexity index is 1070. The van der Waals surface area contributed by atoms with Crippen LogP contribution in [0.1, 0.15) is 29.2 Å². The molecule has 150 valence electrons. The summed E-state index contributed by atoms with van der Waals surface area (Å²) in [4.78, 5) is 0.269. The molecule has 0 aromatic heterocycles. The second-order valence-electron chi connectivity index (χ2n) is 7.44. The Morgan fingerprint density at radius 3 is 2.38 bits per heavy atom. The fraction of sp³-hybridized carbons (Fsp3) is 0.250. The molecule has 0 radical (unpaired) electrons. The van der Waals surface area contributed by atoms with Crippen LogP contribution in [0.5, 0.6) is 0 Å². The van der Waals surface area contributed by atoms with Gasteiger partial charge in [-0.1, -0.05) is 36.8 Å². The highest BCUT2D eigenvalue weighted by Gasteiger charge is 2.34. The highest BCUT2D eigenvalue weighted by Crippen LogP contribution is 2.42. The Balaban J connectivity index is 1.82. The number of rotatable bonds is 4. The van der Waals surface area contributed by atoms with E-state index in [0.717, 1.165) is 41.8 Å². The van der Waals surface area contributed by atoms with Gasteiger partial charge in [0.1, 0.15) is 11.4 Å². The van der Waals surface area contributed by atoms with Gasteiger partial charge >= 0.3 is 0 Å². The number of hydrogen-bond acceptors (Lipinski definition) is 2. The predicted octanol–water partition coefficient (Wildman–Crippen LogP) is 5.90. The van der Waals surface area contributed by atoms with Gasteiger partial charge in [0.05, 0.1) is 12.2 Å². The standard InChI is InChI=1S/C24H23F2NOS/c1-4-19-16(3)13-23-20(24(19)17-7-5-15(2)6-8-17)11-12-27(23)29(28)18-9-10-21(25)22(26)14-18/h5-10,13-14H,4,11-12H2,1-3H3. The first-order chi connectivity index (χ1) is 13.9. The number of halogens is 2. The van der Waals surface area contributed by atoms with Crippen LogP contribution in [0.3, 0.4) is 0 Å². The highest BCUT2D eigenvalue weighted by molar-refractivity contribution is 7.92. The topological polar surface area (TPSA) is 26.3 Å². The highest BCUT2D eigenvalue weighted by atomic mass is 32.2. The van der Waals surface area contributed by atoms with Gasteiger partial charge in [0, 0.05) is 6.07 Å². The summed E-state index contributed by atoms with van der Waals surface area (Å²) in [5, 5.41) is 0. The minimum absolute atomic E-state index is 0.269. The summed E-state index contributed by atoms with van der Waals surface area (Å²) in [7, 11) is 0. The Hall–Kier alpha value is -2.37. The molecule has 1 aliphatic heterocycles. The molecule has 0 saturated carbocycles. The smallest absolute Gasteiger partial charge is 0.183 e. The fourth-order valence-electron chi connectivity index (χ4n) is 4.11. The zero-order chi connectivity index (χ0) is 20.7. The van der Waals surface area contributed by atoms with Crippen LogP contribution in [0.25, 0.3) is 11.1 Å². The second-order valence-corrected chi connectivity index (χ2v) is 8.85. The van der Waals surface area contributed by atoms with Crippen LogP contribution in [0.15, 0.2) is 53.4 Å². The van der Waals surface area contributed by atoms with Gasteiger partial charge in [0.25, 0.3) is 0 Å². The number of fused-ring (bicyclic) bond motifs is 1. The molecule has 1 atom stereocenters. The molecule has 1 heterocycles. The van der Waals surface area contributed by atoms with Crippen LogP contribution in [0.2, 0.25) is 0 Å². The SMILES string of the molecule is CCc1c(C)cc2c(c1-c1ccc(C)cc1)CCN2[S+]([O-])c1ccc(F)c(F)c1. The molecule has 1 unspecified atom stereocenters. The van der Waals surface area contributed by atoms with E-state index < -0.39 is 23.0 Å². The van der Waals surface area contributed by atoms with Gasteiger partial charge in [-0.3, -0.25) is 0 Å². The number of hydrogen-bond donors (Lipinski definition) is 0. The molecule has 1 aliphatic rings. The molecule has 0 N–H and O–H groups in total. The van der Waals surface area contributed by atoms with Gasteiger partial charge in [0.2, 0.25) is 0 Å². The largest absolute Gasteiger partial charge is 0.588 e. The average molecular weight is 412 g/mol. The van der Waals surface area contributed by atoms with Crippen molar-refractivity contribution < 1.29 is 13.3 Å². The third kappa shape index (κ3) is 3.53. The maximum Gasteiger partial charge on any atom is 0.183 e. The van der Waals surface area contributed by atoms with Crippen molar-refractivity contribution in [1.82, 2.24) is 0 Å². The molecule has 0 bridgehead atoms. The third-order valence-electron chi connectivity index (χ3n) is 5.56. The lowest BCUT2D eigenvalue weighted by atomic mass is 9.88. The lowest BCUT2D eigenvalue weighted by Gasteiger charge is -2.23. The molecule has 29 heavy (non-hydrogen) atoms. The summed E-state index contributed by atoms with van der Waals surface area (Å²) in [5.41, 5.74) is 8.12. The predicted molar refractivity (Wildman–Crippen MR) is 115 cm³/mol. The average Bonchev–Trinajstić information content (AvgIpc) is 3.12. The summed E-state index contributed by atoms with van der Waals surface area (Å²) >= 11 is -1.60. The summed E-state index contributed by atoms with van der Waals surface area (Å²) in [5.74, 6) is -1.91. The van der Waals surface area contributed by atoms with Crippen molar-refractivity contribution in [3.05, 3.63) is 82.4 Å². The van der Waals surface area contributed by atoms with Crippen LogP contribution in [0, 0.1) is 25.5 Å². The summed E-state index contributed by atoms with van der Waals surface area (Å²) in [6.45, 7) is 6.87. The van der Waals surface area contributed by atoms with Crippen LogP contribution in [0.4, 0.5) is 14.5 Å². The maximum absolute atomic E-state index is 13.7. The summed E-state index contributed by atoms with van der Waals surface area (Å²) < 4.78 is 41.9. The Morgan fingerprint density at radius 2 is 1.72 bits per heavy atom. The van der Waals surface area contributed by atoms with Crippen molar-refractivity contribution in [2.45, 2.75) is 38.5 Å². The van der Waals surface area contributed by atoms with Crippen LogP contribution >= 0.6 is 0 Å². The summed E-state index contributed by atoms with van der Waals surface area (Å²) in [6.07, 6.45) is 1.68. The third-order valence-corrected chi connectivity index (χ3v) is 7.00. The first-order valence-electron chi connectivity index (χ1n) is 9.77. The van der Waals surface area contributed by atoms with Crippen molar-refractivity contribution in [2.24, 2.45) is 0 Å². The van der Waals surface area contributed by atoms with Crippen molar-refractivity contribution in [1.29, 1.82) is 0 Å². The van der Waals surface area contributed by atoms with E-state index in [1.54, 1.807) is 4.31 Å². The van der Waals surface area contributed by atoms with E-state index >= 15 is 0 Å². The van der Waals surface area contributed by atoms with Gasteiger partial charge in [0.15, 0.2) is 16.5 Å². The quantitative estimate of drug-likeness (QED) is 0.500. The fourth-order valence-corrected chi connectivity index (χ4v) is 5.35. The molecule has 2 nitrogen and oxygen atoms in total. The van der Waals surface area contributed by atoms with E-state index in [1.165, 1.54) is 28.3 Å². The van der Waals surface area contributed by atoms with Gasteiger partial charge in [-0.05, 0) is 72.7 Å². The van der Waals surface area contributed by atoms with E-state index in [2.05, 4.69) is 51.1 Å². The molecule has 0 aliphatic carbocycles. The van der Waals surface area contributed by atoms with Crippen LogP contribution in [-0.2, 0) is 24.2 Å². The van der Waals surface area contributed by atoms with E-state index in [-0.39, 0.29) is 4.90 Å². The van der Waals surface area contributed by atoms with E-state index in [0.29, 0.717) is 6.54 Å². The minimum atomic E-state index is -1.60. The van der Waals surface area contributed by atoms with E-state index in [1.807, 2.05) is 0 Å². The number of aryl methyl sites for hydroxylation is 2. The van der Waals surface area contributed by atoms with Crippen LogP contribution in [-0.4, -0.2) is 11.1 Å². The van der Waals surface area contributed by atoms with Crippen LogP contribution < -0.4 is 4.31 Å². The molecule has 4 rings (SSSR count). The van der Waals surface area contributed by atoms with Gasteiger partial charge < -0.3 is 4.55 Å². The number of nitrogens with zero attached hydrogens (tertiary/aromatic N) is 1. The first-order valence-corrected chi connectivity index (χ1v) is 10.9. The molecule has 0 fully saturated rings. The Kier molecular flexibility index (Phi) is 5.36. The molecule has 3 aromatic rings. The van der Waals surface area contributed by atoms with E-state index in [9.17, 15) is 13.3 Å². The van der Waals surface area contributed by atoms with Gasteiger partial charge in [-0.15, -0.1) is 0 Å². The second kappa shape index (κ2) is 7.81. The van der Waals surface area contributed by atoms with E-state index in [4.69, 9.17) is 0 Å². The Labute approximate surface area is 173 Å². The summed E-state index contributed by atoms with van der Waals surface area (Å²) in [6, 6.07) is 14.0. The minimum Gasteiger partial charge on any atom is -0.588 e. The van der Waals surface area contributed by atoms with Crippen molar-refractivity contribution in [3.8, 4) is 11.1 Å². The van der Waals surface area contributed by atoms with Gasteiger partial charge in [-0.2, -0.15) is 4.31 Å². The Morgan fingerprint density at radius 1 is 1.00 bits per heavy atom. The molecule has 5 heteroatoms. The molecule has 0 spiro atoms. The molecule has 0 amide bonds. The number of benzene rings is 3. The first kappa shape index (κ1) is 19.9. The van der Waals surface area contributed by atoms with Gasteiger partial charge in [-0.25, -0.2) is 8.78 Å². The molecular weight excluding hydrogens is 388 g/mol. The monoisotopic (exact) mass is 411 g/mol. The molecular formula is C24H23F2NOS. The van der Waals surface area contributed by atoms with Crippen molar-refractivity contribution >= 4 is 17.0 Å². The normalized spacial score (nSPS) is 14.2. The zero-order valence-corrected chi connectivity index (χ0v) is 17.6. The maximum atomic E-state index is 13.7. The zero-order valence-electron chi connectivity index (χ0n) is 16.8. The molecule has 3 aromatic carbocycles. The van der Waals surface area contributed by atoms with Crippen molar-refractivity contribution in [3.63, 3.8) is 0 Å². The molecule has 0 saturated heterocycles. The van der Waals surface area contributed by atoms with Crippen molar-refractivity contribution in [2.75, 3.05) is 10.8 Å². The number of anilines is 1. The lowest BCUT2D eigenvalue weighted by molar-refractivity contribution is 0.504. The lowest BCUT2D eigenvalue weighted by Crippen LogP contribution is -2.29.